The second-order valence-electron chi connectivity index (χ2n) is 7.17. The number of hydrogen-bond donors (Lipinski definition) is 1. The average Bonchev–Trinajstić information content (AvgIpc) is 2.67. The molecule has 1 amide bonds. The number of halogens is 1. The fraction of sp³-hybridized carbons (Fsp3) is 0.273. The van der Waals surface area contributed by atoms with Crippen LogP contribution in [0.15, 0.2) is 54.6 Å². The normalized spacial score (nSPS) is 19.6. The molecule has 2 heterocycles. The number of morpholine rings is 1. The average molecular weight is 396 g/mol. The number of amides is 1. The number of carbonyl (C=O) groups excluding carboxylic acids is 1. The number of para-hydroxylation sites is 1. The van der Waals surface area contributed by atoms with Crippen molar-refractivity contribution in [1.82, 2.24) is 4.98 Å². The highest BCUT2D eigenvalue weighted by atomic mass is 35.5. The van der Waals surface area contributed by atoms with Crippen LogP contribution in [0.3, 0.4) is 0 Å². The molecule has 1 saturated heterocycles. The molecule has 6 heteroatoms. The van der Waals surface area contributed by atoms with Crippen LogP contribution in [0.1, 0.15) is 24.2 Å². The molecule has 1 aliphatic heterocycles. The summed E-state index contributed by atoms with van der Waals surface area (Å²) in [4.78, 5) is 19.4. The van der Waals surface area contributed by atoms with Crippen LogP contribution < -0.4 is 10.2 Å². The molecule has 2 unspecified atom stereocenters. The highest BCUT2D eigenvalue weighted by Gasteiger charge is 2.22. The van der Waals surface area contributed by atoms with E-state index in [1.807, 2.05) is 48.5 Å². The lowest BCUT2D eigenvalue weighted by atomic mass is 10.1. The van der Waals surface area contributed by atoms with Crippen LogP contribution in [-0.2, 0) is 4.74 Å². The van der Waals surface area contributed by atoms with E-state index >= 15 is 0 Å². The van der Waals surface area contributed by atoms with Crippen LogP contribution in [0.25, 0.3) is 10.9 Å². The van der Waals surface area contributed by atoms with Crippen molar-refractivity contribution in [2.75, 3.05) is 23.3 Å². The first kappa shape index (κ1) is 18.7. The third-order valence-electron chi connectivity index (χ3n) is 4.84. The second-order valence-corrected chi connectivity index (χ2v) is 7.56. The van der Waals surface area contributed by atoms with Crippen molar-refractivity contribution < 1.29 is 9.53 Å². The minimum absolute atomic E-state index is 0.202. The lowest BCUT2D eigenvalue weighted by molar-refractivity contribution is -0.00521. The molecule has 0 radical (unpaired) electrons. The Morgan fingerprint density at radius 3 is 2.50 bits per heavy atom. The predicted molar refractivity (Wildman–Crippen MR) is 113 cm³/mol. The Labute approximate surface area is 169 Å². The number of pyridine rings is 1. The molecule has 0 aliphatic carbocycles. The standard InChI is InChI=1S/C22H22ClN3O2/c1-14-12-26(13-15(2)28-14)17-9-7-16(8-10-17)24-22(27)19-11-21(23)25-20-6-4-3-5-18(19)20/h3-11,14-15H,12-13H2,1-2H3,(H,24,27). The van der Waals surface area contributed by atoms with Crippen LogP contribution in [0.2, 0.25) is 5.15 Å². The van der Waals surface area contributed by atoms with E-state index in [0.717, 1.165) is 29.9 Å². The minimum atomic E-state index is -0.207. The van der Waals surface area contributed by atoms with Gasteiger partial charge in [-0.05, 0) is 50.2 Å². The second kappa shape index (κ2) is 7.78. The summed E-state index contributed by atoms with van der Waals surface area (Å²) in [5, 5.41) is 4.03. The van der Waals surface area contributed by atoms with Gasteiger partial charge in [-0.1, -0.05) is 29.8 Å². The Balaban J connectivity index is 1.53. The zero-order chi connectivity index (χ0) is 19.7. The van der Waals surface area contributed by atoms with Crippen LogP contribution in [-0.4, -0.2) is 36.2 Å². The van der Waals surface area contributed by atoms with Gasteiger partial charge >= 0.3 is 0 Å². The van der Waals surface area contributed by atoms with Gasteiger partial charge in [0.05, 0.1) is 23.3 Å². The highest BCUT2D eigenvalue weighted by Crippen LogP contribution is 2.24. The molecule has 2 aromatic carbocycles. The maximum absolute atomic E-state index is 12.8. The molecule has 0 spiro atoms. The molecular formula is C22H22ClN3O2. The Bertz CT molecular complexity index is 996. The zero-order valence-corrected chi connectivity index (χ0v) is 16.6. The Hall–Kier alpha value is -2.63. The van der Waals surface area contributed by atoms with Crippen LogP contribution in [0.5, 0.6) is 0 Å². The number of benzene rings is 2. The van der Waals surface area contributed by atoms with Crippen LogP contribution in [0.4, 0.5) is 11.4 Å². The molecule has 1 N–H and O–H groups in total. The van der Waals surface area contributed by atoms with Crippen molar-refractivity contribution >= 4 is 39.8 Å². The van der Waals surface area contributed by atoms with Gasteiger partial charge in [0.15, 0.2) is 0 Å². The molecule has 1 aliphatic rings. The monoisotopic (exact) mass is 395 g/mol. The minimum Gasteiger partial charge on any atom is -0.372 e. The van der Waals surface area contributed by atoms with Crippen LogP contribution in [0, 0.1) is 0 Å². The van der Waals surface area contributed by atoms with Gasteiger partial charge in [0.2, 0.25) is 0 Å². The smallest absolute Gasteiger partial charge is 0.256 e. The van der Waals surface area contributed by atoms with Gasteiger partial charge in [0.1, 0.15) is 5.15 Å². The summed E-state index contributed by atoms with van der Waals surface area (Å²) >= 11 is 6.09. The molecule has 28 heavy (non-hydrogen) atoms. The number of fused-ring (bicyclic) bond motifs is 1. The molecule has 0 bridgehead atoms. The molecule has 5 nitrogen and oxygen atoms in total. The first-order valence-corrected chi connectivity index (χ1v) is 9.74. The lowest BCUT2D eigenvalue weighted by Gasteiger charge is -2.36. The number of ether oxygens (including phenoxy) is 1. The zero-order valence-electron chi connectivity index (χ0n) is 15.9. The van der Waals surface area contributed by atoms with E-state index in [1.165, 1.54) is 0 Å². The summed E-state index contributed by atoms with van der Waals surface area (Å²) in [6, 6.07) is 17.0. The van der Waals surface area contributed by atoms with Crippen molar-refractivity contribution in [3.05, 3.63) is 65.3 Å². The number of rotatable bonds is 3. The van der Waals surface area contributed by atoms with Gasteiger partial charge < -0.3 is 15.0 Å². The van der Waals surface area contributed by atoms with Gasteiger partial charge in [0.25, 0.3) is 5.91 Å². The van der Waals surface area contributed by atoms with Gasteiger partial charge in [-0.3, -0.25) is 4.79 Å². The van der Waals surface area contributed by atoms with E-state index in [-0.39, 0.29) is 18.1 Å². The summed E-state index contributed by atoms with van der Waals surface area (Å²) in [7, 11) is 0. The number of hydrogen-bond acceptors (Lipinski definition) is 4. The molecule has 1 aromatic heterocycles. The van der Waals surface area contributed by atoms with E-state index in [9.17, 15) is 4.79 Å². The van der Waals surface area contributed by atoms with E-state index < -0.39 is 0 Å². The molecule has 0 saturated carbocycles. The predicted octanol–water partition coefficient (Wildman–Crippen LogP) is 4.75. The fourth-order valence-corrected chi connectivity index (χ4v) is 3.87. The maximum Gasteiger partial charge on any atom is 0.256 e. The SMILES string of the molecule is CC1CN(c2ccc(NC(=O)c3cc(Cl)nc4ccccc34)cc2)CC(C)O1. The number of nitrogens with one attached hydrogen (secondary N) is 1. The largest absolute Gasteiger partial charge is 0.372 e. The van der Waals surface area contributed by atoms with Gasteiger partial charge in [-0.2, -0.15) is 0 Å². The van der Waals surface area contributed by atoms with Crippen molar-refractivity contribution in [3.63, 3.8) is 0 Å². The number of carbonyl (C=O) groups is 1. The quantitative estimate of drug-likeness (QED) is 0.650. The molecule has 4 rings (SSSR count). The fourth-order valence-electron chi connectivity index (χ4n) is 3.67. The molecule has 3 aromatic rings. The lowest BCUT2D eigenvalue weighted by Crippen LogP contribution is -2.45. The summed E-state index contributed by atoms with van der Waals surface area (Å²) in [5.74, 6) is -0.207. The maximum atomic E-state index is 12.8. The van der Waals surface area contributed by atoms with Gasteiger partial charge in [-0.15, -0.1) is 0 Å². The third-order valence-corrected chi connectivity index (χ3v) is 5.03. The van der Waals surface area contributed by atoms with Crippen LogP contribution >= 0.6 is 11.6 Å². The molecular weight excluding hydrogens is 374 g/mol. The van der Waals surface area contributed by atoms with Gasteiger partial charge in [0, 0.05) is 29.9 Å². The van der Waals surface area contributed by atoms with Crippen molar-refractivity contribution in [2.45, 2.75) is 26.1 Å². The molecule has 1 fully saturated rings. The summed E-state index contributed by atoms with van der Waals surface area (Å²) < 4.78 is 5.79. The van der Waals surface area contributed by atoms with Crippen molar-refractivity contribution in [1.29, 1.82) is 0 Å². The summed E-state index contributed by atoms with van der Waals surface area (Å²) in [6.45, 7) is 5.89. The van der Waals surface area contributed by atoms with Crippen molar-refractivity contribution in [3.8, 4) is 0 Å². The van der Waals surface area contributed by atoms with E-state index in [0.29, 0.717) is 16.2 Å². The summed E-state index contributed by atoms with van der Waals surface area (Å²) in [6.07, 6.45) is 0.403. The third kappa shape index (κ3) is 3.96. The number of aromatic nitrogens is 1. The van der Waals surface area contributed by atoms with E-state index in [2.05, 4.69) is 29.0 Å². The summed E-state index contributed by atoms with van der Waals surface area (Å²) in [5.41, 5.74) is 3.07. The highest BCUT2D eigenvalue weighted by molar-refractivity contribution is 6.30. The number of anilines is 2. The van der Waals surface area contributed by atoms with Gasteiger partial charge in [-0.25, -0.2) is 4.98 Å². The first-order valence-electron chi connectivity index (χ1n) is 9.37. The Morgan fingerprint density at radius 2 is 1.79 bits per heavy atom. The van der Waals surface area contributed by atoms with E-state index in [4.69, 9.17) is 16.3 Å². The Kier molecular flexibility index (Phi) is 5.20. The molecule has 2 atom stereocenters. The van der Waals surface area contributed by atoms with Crippen molar-refractivity contribution in [2.24, 2.45) is 0 Å². The number of nitrogens with zero attached hydrogens (tertiary/aromatic N) is 2. The topological polar surface area (TPSA) is 54.5 Å². The Morgan fingerprint density at radius 1 is 1.11 bits per heavy atom. The van der Waals surface area contributed by atoms with E-state index in [1.54, 1.807) is 6.07 Å². The first-order chi connectivity index (χ1) is 13.5. The molecule has 144 valence electrons.